The van der Waals surface area contributed by atoms with Gasteiger partial charge >= 0.3 is 5.69 Å². The smallest absolute Gasteiger partial charge is 0.332 e. The number of aryl methyl sites for hydroxylation is 1. The number of nitrogens with one attached hydrogen (secondary N) is 2. The first-order chi connectivity index (χ1) is 17.1. The molecule has 1 heterocycles. The Morgan fingerprint density at radius 3 is 2.35 bits per heavy atom. The van der Waals surface area contributed by atoms with Gasteiger partial charge in [0.25, 0.3) is 5.56 Å². The molecule has 1 atom stereocenters. The summed E-state index contributed by atoms with van der Waals surface area (Å²) < 4.78 is 34.1. The minimum Gasteiger partial charge on any atom is -0.496 e. The highest BCUT2D eigenvalue weighted by Crippen LogP contribution is 2.45. The van der Waals surface area contributed by atoms with Crippen molar-refractivity contribution in [2.24, 2.45) is 0 Å². The molecule has 2 N–H and O–H groups in total. The lowest BCUT2D eigenvalue weighted by Crippen LogP contribution is -2.46. The Kier molecular flexibility index (Phi) is 6.75. The maximum Gasteiger partial charge on any atom is 0.332 e. The minimum atomic E-state index is -3.35. The van der Waals surface area contributed by atoms with Crippen LogP contribution in [-0.4, -0.2) is 36.9 Å². The SMILES string of the molecule is COc1c(-c2ccc3c(c2)CC[C@H]3C(C)(C)NS(C)(=O)=O)cc(-n2ccc(=O)[nH]c2=O)cc1C(C)(C)C. The van der Waals surface area contributed by atoms with Gasteiger partial charge in [0.15, 0.2) is 0 Å². The van der Waals surface area contributed by atoms with E-state index in [4.69, 9.17) is 4.74 Å². The lowest BCUT2D eigenvalue weighted by Gasteiger charge is -2.32. The third kappa shape index (κ3) is 5.43. The number of fused-ring (bicyclic) bond motifs is 1. The van der Waals surface area contributed by atoms with E-state index in [1.165, 1.54) is 23.1 Å². The van der Waals surface area contributed by atoms with Gasteiger partial charge in [-0.1, -0.05) is 39.0 Å². The molecule has 0 amide bonds. The molecular weight excluding hydrogens is 490 g/mol. The first kappa shape index (κ1) is 26.9. The second-order valence-corrected chi connectivity index (χ2v) is 13.2. The monoisotopic (exact) mass is 525 g/mol. The highest BCUT2D eigenvalue weighted by atomic mass is 32.2. The van der Waals surface area contributed by atoms with E-state index in [0.29, 0.717) is 5.69 Å². The van der Waals surface area contributed by atoms with Crippen molar-refractivity contribution in [3.63, 3.8) is 0 Å². The number of sulfonamides is 1. The zero-order chi connectivity index (χ0) is 27.3. The van der Waals surface area contributed by atoms with Crippen LogP contribution in [0.4, 0.5) is 0 Å². The van der Waals surface area contributed by atoms with Gasteiger partial charge in [0.05, 0.1) is 19.1 Å². The van der Waals surface area contributed by atoms with Gasteiger partial charge in [0.1, 0.15) is 5.75 Å². The predicted molar refractivity (Wildman–Crippen MR) is 146 cm³/mol. The third-order valence-electron chi connectivity index (χ3n) is 7.04. The van der Waals surface area contributed by atoms with Gasteiger partial charge in [-0.15, -0.1) is 0 Å². The van der Waals surface area contributed by atoms with E-state index in [9.17, 15) is 18.0 Å². The average Bonchev–Trinajstić information content (AvgIpc) is 3.20. The summed E-state index contributed by atoms with van der Waals surface area (Å²) in [6.07, 6.45) is 4.33. The molecule has 0 spiro atoms. The average molecular weight is 526 g/mol. The number of aromatic nitrogens is 2. The molecule has 0 saturated heterocycles. The largest absolute Gasteiger partial charge is 0.496 e. The number of ether oxygens (including phenoxy) is 1. The summed E-state index contributed by atoms with van der Waals surface area (Å²) in [5.41, 5.74) is 3.75. The Morgan fingerprint density at radius 1 is 1.05 bits per heavy atom. The lowest BCUT2D eigenvalue weighted by molar-refractivity contribution is 0.369. The van der Waals surface area contributed by atoms with Crippen LogP contribution in [0.25, 0.3) is 16.8 Å². The van der Waals surface area contributed by atoms with Gasteiger partial charge in [-0.2, -0.15) is 0 Å². The molecule has 4 rings (SSSR count). The first-order valence-corrected chi connectivity index (χ1v) is 14.2. The molecule has 0 fully saturated rings. The van der Waals surface area contributed by atoms with Crippen molar-refractivity contribution in [2.75, 3.05) is 13.4 Å². The van der Waals surface area contributed by atoms with Crippen molar-refractivity contribution in [3.05, 3.63) is 80.1 Å². The Labute approximate surface area is 217 Å². The molecule has 8 nitrogen and oxygen atoms in total. The molecule has 0 bridgehead atoms. The summed E-state index contributed by atoms with van der Waals surface area (Å²) in [6, 6.07) is 11.4. The number of aromatic amines is 1. The van der Waals surface area contributed by atoms with Crippen LogP contribution in [-0.2, 0) is 21.9 Å². The Balaban J connectivity index is 1.88. The molecule has 0 radical (unpaired) electrons. The van der Waals surface area contributed by atoms with Crippen molar-refractivity contribution in [1.29, 1.82) is 0 Å². The molecule has 3 aromatic rings. The Morgan fingerprint density at radius 2 is 1.76 bits per heavy atom. The van der Waals surface area contributed by atoms with E-state index >= 15 is 0 Å². The van der Waals surface area contributed by atoms with Crippen LogP contribution in [0.15, 0.2) is 52.2 Å². The second-order valence-electron chi connectivity index (χ2n) is 11.4. The summed E-state index contributed by atoms with van der Waals surface area (Å²) in [6.45, 7) is 10.1. The summed E-state index contributed by atoms with van der Waals surface area (Å²) in [7, 11) is -1.71. The fourth-order valence-electron chi connectivity index (χ4n) is 5.45. The van der Waals surface area contributed by atoms with Gasteiger partial charge < -0.3 is 4.74 Å². The van der Waals surface area contributed by atoms with E-state index in [1.54, 1.807) is 7.11 Å². The van der Waals surface area contributed by atoms with E-state index in [-0.39, 0.29) is 11.3 Å². The van der Waals surface area contributed by atoms with Crippen LogP contribution < -0.4 is 20.7 Å². The number of hydrogen-bond donors (Lipinski definition) is 2. The number of methoxy groups -OCH3 is 1. The molecule has 1 aliphatic rings. The first-order valence-electron chi connectivity index (χ1n) is 12.3. The number of benzene rings is 2. The number of H-pyrrole nitrogens is 1. The molecule has 37 heavy (non-hydrogen) atoms. The van der Waals surface area contributed by atoms with Crippen molar-refractivity contribution < 1.29 is 13.2 Å². The van der Waals surface area contributed by atoms with Crippen LogP contribution in [0, 0.1) is 0 Å². The highest BCUT2D eigenvalue weighted by Gasteiger charge is 2.37. The zero-order valence-corrected chi connectivity index (χ0v) is 23.2. The second kappa shape index (κ2) is 9.29. The molecule has 0 unspecified atom stereocenters. The van der Waals surface area contributed by atoms with E-state index in [1.807, 2.05) is 32.0 Å². The van der Waals surface area contributed by atoms with Crippen molar-refractivity contribution >= 4 is 10.0 Å². The third-order valence-corrected chi connectivity index (χ3v) is 7.94. The molecule has 2 aromatic carbocycles. The zero-order valence-electron chi connectivity index (χ0n) is 22.4. The summed E-state index contributed by atoms with van der Waals surface area (Å²) in [5, 5.41) is 0. The number of rotatable bonds is 6. The molecule has 0 saturated carbocycles. The van der Waals surface area contributed by atoms with Crippen LogP contribution >= 0.6 is 0 Å². The molecule has 1 aromatic heterocycles. The predicted octanol–water partition coefficient (Wildman–Crippen LogP) is 3.86. The lowest BCUT2D eigenvalue weighted by atomic mass is 9.82. The van der Waals surface area contributed by atoms with E-state index in [0.717, 1.165) is 46.4 Å². The van der Waals surface area contributed by atoms with Crippen LogP contribution in [0.2, 0.25) is 0 Å². The summed E-state index contributed by atoms with van der Waals surface area (Å²) in [5.74, 6) is 0.770. The topological polar surface area (TPSA) is 110 Å². The fourth-order valence-corrected chi connectivity index (χ4v) is 6.55. The highest BCUT2D eigenvalue weighted by molar-refractivity contribution is 7.88. The standard InChI is InChI=1S/C28H35N3O5S/c1-27(2,3)23-16-19(31-13-12-24(32)29-26(31)33)15-21(25(23)36-6)18-8-10-20-17(14-18)9-11-22(20)28(4,5)30-37(7,34)35/h8,10,12-16,22,30H,9,11H2,1-7H3,(H,29,32,33)/t22-/m1/s1. The van der Waals surface area contributed by atoms with Crippen molar-refractivity contribution in [2.45, 2.75) is 64.3 Å². The van der Waals surface area contributed by atoms with Gasteiger partial charge in [0, 0.05) is 34.8 Å². The normalized spacial score (nSPS) is 16.0. The maximum absolute atomic E-state index is 12.6. The van der Waals surface area contributed by atoms with Gasteiger partial charge in [-0.25, -0.2) is 17.9 Å². The number of nitrogens with zero attached hydrogens (tertiary/aromatic N) is 1. The van der Waals surface area contributed by atoms with Crippen molar-refractivity contribution in [3.8, 4) is 22.6 Å². The van der Waals surface area contributed by atoms with Gasteiger partial charge in [0.2, 0.25) is 10.0 Å². The fraction of sp³-hybridized carbons (Fsp3) is 0.429. The molecule has 1 aliphatic carbocycles. The van der Waals surface area contributed by atoms with Crippen LogP contribution in [0.3, 0.4) is 0 Å². The van der Waals surface area contributed by atoms with Crippen LogP contribution in [0.1, 0.15) is 63.6 Å². The van der Waals surface area contributed by atoms with Crippen LogP contribution in [0.5, 0.6) is 5.75 Å². The Hall–Kier alpha value is -3.17. The Bertz CT molecular complexity index is 1580. The molecule has 198 valence electrons. The summed E-state index contributed by atoms with van der Waals surface area (Å²) in [4.78, 5) is 26.6. The maximum atomic E-state index is 12.6. The molecule has 9 heteroatoms. The van der Waals surface area contributed by atoms with Crippen molar-refractivity contribution in [1.82, 2.24) is 14.3 Å². The molecular formula is C28H35N3O5S. The quantitative estimate of drug-likeness (QED) is 0.508. The number of hydrogen-bond acceptors (Lipinski definition) is 5. The van der Waals surface area contributed by atoms with E-state index in [2.05, 4.69) is 42.6 Å². The van der Waals surface area contributed by atoms with Gasteiger partial charge in [-0.3, -0.25) is 14.3 Å². The summed E-state index contributed by atoms with van der Waals surface area (Å²) >= 11 is 0. The van der Waals surface area contributed by atoms with E-state index < -0.39 is 26.8 Å². The minimum absolute atomic E-state index is 0.0457. The molecule has 0 aliphatic heterocycles. The van der Waals surface area contributed by atoms with Gasteiger partial charge in [-0.05, 0) is 60.9 Å².